The zero-order chi connectivity index (χ0) is 12.7. The number of carbonyl (C=O) groups is 1. The van der Waals surface area contributed by atoms with E-state index in [1.807, 2.05) is 38.2 Å². The van der Waals surface area contributed by atoms with Crippen LogP contribution in [0.1, 0.15) is 31.4 Å². The highest BCUT2D eigenvalue weighted by Crippen LogP contribution is 2.17. The minimum atomic E-state index is 0. The van der Waals surface area contributed by atoms with E-state index in [-0.39, 0.29) is 24.4 Å². The molecule has 2 N–H and O–H groups in total. The fourth-order valence-electron chi connectivity index (χ4n) is 1.60. The molecule has 0 bridgehead atoms. The standard InChI is InChI=1S/C13H19BrN2O.ClH/c1-10(11-5-3-6-12(14)9-11)16-13(17)7-4-8-15-2;/h3,5-6,9-10,15H,4,7-8H2,1-2H3,(H,16,17);1H. The van der Waals surface area contributed by atoms with Gasteiger partial charge in [0.2, 0.25) is 5.91 Å². The van der Waals surface area contributed by atoms with Gasteiger partial charge in [0, 0.05) is 10.9 Å². The molecule has 3 nitrogen and oxygen atoms in total. The summed E-state index contributed by atoms with van der Waals surface area (Å²) in [6.45, 7) is 2.87. The summed E-state index contributed by atoms with van der Waals surface area (Å²) in [6.07, 6.45) is 1.44. The monoisotopic (exact) mass is 334 g/mol. The van der Waals surface area contributed by atoms with Crippen molar-refractivity contribution in [3.8, 4) is 0 Å². The lowest BCUT2D eigenvalue weighted by Gasteiger charge is -2.14. The van der Waals surface area contributed by atoms with Crippen molar-refractivity contribution >= 4 is 34.2 Å². The van der Waals surface area contributed by atoms with Gasteiger partial charge in [0.25, 0.3) is 0 Å². The van der Waals surface area contributed by atoms with Crippen LogP contribution in [-0.2, 0) is 4.79 Å². The molecule has 0 fully saturated rings. The SMILES string of the molecule is CNCCCC(=O)NC(C)c1cccc(Br)c1.Cl. The van der Waals surface area contributed by atoms with Crippen LogP contribution >= 0.6 is 28.3 Å². The lowest BCUT2D eigenvalue weighted by Crippen LogP contribution is -2.27. The maximum absolute atomic E-state index is 11.6. The average Bonchev–Trinajstić information content (AvgIpc) is 2.29. The summed E-state index contributed by atoms with van der Waals surface area (Å²) in [5, 5.41) is 6.02. The van der Waals surface area contributed by atoms with Gasteiger partial charge in [0.1, 0.15) is 0 Å². The molecule has 1 unspecified atom stereocenters. The Morgan fingerprint density at radius 1 is 1.44 bits per heavy atom. The second-order valence-corrected chi connectivity index (χ2v) is 4.97. The van der Waals surface area contributed by atoms with E-state index in [1.165, 1.54) is 0 Å². The number of amides is 1. The predicted molar refractivity (Wildman–Crippen MR) is 81.1 cm³/mol. The van der Waals surface area contributed by atoms with Gasteiger partial charge in [-0.2, -0.15) is 0 Å². The molecule has 0 aliphatic rings. The van der Waals surface area contributed by atoms with Gasteiger partial charge in [-0.25, -0.2) is 0 Å². The molecule has 5 heteroatoms. The number of nitrogens with one attached hydrogen (secondary N) is 2. The molecule has 1 amide bonds. The average molecular weight is 336 g/mol. The quantitative estimate of drug-likeness (QED) is 0.785. The molecule has 0 saturated carbocycles. The fourth-order valence-corrected chi connectivity index (χ4v) is 2.02. The third-order valence-corrected chi connectivity index (χ3v) is 3.05. The van der Waals surface area contributed by atoms with Crippen LogP contribution in [0.2, 0.25) is 0 Å². The summed E-state index contributed by atoms with van der Waals surface area (Å²) >= 11 is 3.43. The highest BCUT2D eigenvalue weighted by atomic mass is 79.9. The summed E-state index contributed by atoms with van der Waals surface area (Å²) in [6, 6.07) is 8.05. The zero-order valence-electron chi connectivity index (χ0n) is 10.7. The first-order valence-corrected chi connectivity index (χ1v) is 6.62. The highest BCUT2D eigenvalue weighted by Gasteiger charge is 2.09. The Labute approximate surface area is 123 Å². The van der Waals surface area contributed by atoms with Crippen LogP contribution in [-0.4, -0.2) is 19.5 Å². The number of carbonyl (C=O) groups excluding carboxylic acids is 1. The van der Waals surface area contributed by atoms with Gasteiger partial charge >= 0.3 is 0 Å². The van der Waals surface area contributed by atoms with Crippen LogP contribution in [0, 0.1) is 0 Å². The largest absolute Gasteiger partial charge is 0.350 e. The van der Waals surface area contributed by atoms with E-state index in [2.05, 4.69) is 26.6 Å². The number of benzene rings is 1. The first kappa shape index (κ1) is 17.4. The van der Waals surface area contributed by atoms with Crippen molar-refractivity contribution in [2.45, 2.75) is 25.8 Å². The van der Waals surface area contributed by atoms with Gasteiger partial charge in [0.05, 0.1) is 6.04 Å². The molecule has 0 aromatic heterocycles. The second kappa shape index (κ2) is 9.36. The molecule has 102 valence electrons. The molecule has 1 atom stereocenters. The van der Waals surface area contributed by atoms with E-state index < -0.39 is 0 Å². The number of rotatable bonds is 6. The van der Waals surface area contributed by atoms with Gasteiger partial charge in [-0.1, -0.05) is 28.1 Å². The minimum absolute atomic E-state index is 0. The lowest BCUT2D eigenvalue weighted by atomic mass is 10.1. The van der Waals surface area contributed by atoms with Crippen molar-refractivity contribution in [1.82, 2.24) is 10.6 Å². The Morgan fingerprint density at radius 3 is 2.78 bits per heavy atom. The Balaban J connectivity index is 0.00000289. The van der Waals surface area contributed by atoms with Crippen LogP contribution in [0.4, 0.5) is 0 Å². The molecule has 1 aromatic rings. The van der Waals surface area contributed by atoms with Gasteiger partial charge in [-0.05, 0) is 44.6 Å². The molecule has 0 heterocycles. The van der Waals surface area contributed by atoms with Crippen molar-refractivity contribution in [3.05, 3.63) is 34.3 Å². The van der Waals surface area contributed by atoms with E-state index in [4.69, 9.17) is 0 Å². The topological polar surface area (TPSA) is 41.1 Å². The zero-order valence-corrected chi connectivity index (χ0v) is 13.1. The van der Waals surface area contributed by atoms with Crippen molar-refractivity contribution in [3.63, 3.8) is 0 Å². The van der Waals surface area contributed by atoms with Crippen molar-refractivity contribution in [2.24, 2.45) is 0 Å². The lowest BCUT2D eigenvalue weighted by molar-refractivity contribution is -0.121. The first-order chi connectivity index (χ1) is 8.13. The molecular formula is C13H20BrClN2O. The third kappa shape index (κ3) is 6.38. The molecular weight excluding hydrogens is 316 g/mol. The van der Waals surface area contributed by atoms with E-state index in [1.54, 1.807) is 0 Å². The van der Waals surface area contributed by atoms with Crippen molar-refractivity contribution in [2.75, 3.05) is 13.6 Å². The van der Waals surface area contributed by atoms with Crippen LogP contribution < -0.4 is 10.6 Å². The van der Waals surface area contributed by atoms with Crippen LogP contribution in [0.3, 0.4) is 0 Å². The number of halogens is 2. The van der Waals surface area contributed by atoms with E-state index >= 15 is 0 Å². The fraction of sp³-hybridized carbons (Fsp3) is 0.462. The smallest absolute Gasteiger partial charge is 0.220 e. The minimum Gasteiger partial charge on any atom is -0.350 e. The Bertz CT molecular complexity index is 374. The molecule has 0 saturated heterocycles. The molecule has 0 aliphatic carbocycles. The maximum atomic E-state index is 11.6. The van der Waals surface area contributed by atoms with Gasteiger partial charge < -0.3 is 10.6 Å². The van der Waals surface area contributed by atoms with Crippen LogP contribution in [0.15, 0.2) is 28.7 Å². The molecule has 0 aliphatic heterocycles. The molecule has 0 radical (unpaired) electrons. The van der Waals surface area contributed by atoms with Crippen molar-refractivity contribution < 1.29 is 4.79 Å². The Kier molecular flexibility index (Phi) is 9.06. The van der Waals surface area contributed by atoms with Crippen LogP contribution in [0.25, 0.3) is 0 Å². The van der Waals surface area contributed by atoms with Gasteiger partial charge in [-0.15, -0.1) is 12.4 Å². The summed E-state index contributed by atoms with van der Waals surface area (Å²) in [5.74, 6) is 0.104. The van der Waals surface area contributed by atoms with E-state index in [9.17, 15) is 4.79 Å². The highest BCUT2D eigenvalue weighted by molar-refractivity contribution is 9.10. The van der Waals surface area contributed by atoms with Crippen molar-refractivity contribution in [1.29, 1.82) is 0 Å². The first-order valence-electron chi connectivity index (χ1n) is 5.83. The summed E-state index contributed by atoms with van der Waals surface area (Å²) < 4.78 is 1.03. The predicted octanol–water partition coefficient (Wildman–Crippen LogP) is 3.05. The van der Waals surface area contributed by atoms with Gasteiger partial charge in [0.15, 0.2) is 0 Å². The van der Waals surface area contributed by atoms with E-state index in [0.717, 1.165) is 23.0 Å². The molecule has 1 aromatic carbocycles. The molecule has 0 spiro atoms. The summed E-state index contributed by atoms with van der Waals surface area (Å²) in [4.78, 5) is 11.6. The molecule has 18 heavy (non-hydrogen) atoms. The van der Waals surface area contributed by atoms with E-state index in [0.29, 0.717) is 6.42 Å². The number of hydrogen-bond acceptors (Lipinski definition) is 2. The van der Waals surface area contributed by atoms with Gasteiger partial charge in [-0.3, -0.25) is 4.79 Å². The molecule has 1 rings (SSSR count). The van der Waals surface area contributed by atoms with Crippen LogP contribution in [0.5, 0.6) is 0 Å². The third-order valence-electron chi connectivity index (χ3n) is 2.56. The maximum Gasteiger partial charge on any atom is 0.220 e. The summed E-state index contributed by atoms with van der Waals surface area (Å²) in [7, 11) is 1.89. The Morgan fingerprint density at radius 2 is 2.17 bits per heavy atom. The Hall–Kier alpha value is -0.580. The number of hydrogen-bond donors (Lipinski definition) is 2. The normalized spacial score (nSPS) is 11.5. The summed E-state index contributed by atoms with van der Waals surface area (Å²) in [5.41, 5.74) is 1.11. The second-order valence-electron chi connectivity index (χ2n) is 4.05.